The average molecular weight is 191 g/mol. The molecule has 0 radical (unpaired) electrons. The molecule has 0 saturated heterocycles. The van der Waals surface area contributed by atoms with Gasteiger partial charge in [0, 0.05) is 7.05 Å². The van der Waals surface area contributed by atoms with Crippen molar-refractivity contribution in [2.24, 2.45) is 0 Å². The summed E-state index contributed by atoms with van der Waals surface area (Å²) in [5.74, 6) is -0.263. The van der Waals surface area contributed by atoms with Crippen molar-refractivity contribution in [3.05, 3.63) is 34.1 Å². The van der Waals surface area contributed by atoms with E-state index in [1.54, 1.807) is 18.2 Å². The number of fused-ring (bicyclic) bond motifs is 1. The van der Waals surface area contributed by atoms with Crippen LogP contribution in [0.25, 0.3) is 10.9 Å². The van der Waals surface area contributed by atoms with Gasteiger partial charge < -0.3 is 5.32 Å². The third-order valence-corrected chi connectivity index (χ3v) is 2.07. The van der Waals surface area contributed by atoms with Crippen LogP contribution >= 0.6 is 0 Å². The van der Waals surface area contributed by atoms with Gasteiger partial charge in [-0.3, -0.25) is 19.8 Å². The van der Waals surface area contributed by atoms with Gasteiger partial charge in [-0.2, -0.15) is 0 Å². The summed E-state index contributed by atoms with van der Waals surface area (Å²) in [7, 11) is 1.53. The number of hydrogen-bond donors (Lipinski definition) is 3. The first-order chi connectivity index (χ1) is 6.74. The molecule has 0 fully saturated rings. The predicted molar refractivity (Wildman–Crippen MR) is 52.3 cm³/mol. The lowest BCUT2D eigenvalue weighted by Gasteiger charge is -1.99. The third kappa shape index (κ3) is 1.10. The minimum absolute atomic E-state index is 0.263. The number of hydrogen-bond acceptors (Lipinski definition) is 2. The Balaban J connectivity index is 2.82. The monoisotopic (exact) mass is 191 g/mol. The molecule has 0 atom stereocenters. The van der Waals surface area contributed by atoms with Gasteiger partial charge in [0.2, 0.25) is 0 Å². The summed E-state index contributed by atoms with van der Waals surface area (Å²) in [4.78, 5) is 22.8. The van der Waals surface area contributed by atoms with E-state index in [1.165, 1.54) is 7.05 Å². The van der Waals surface area contributed by atoms with Crippen LogP contribution in [-0.2, 0) is 0 Å². The lowest BCUT2D eigenvalue weighted by Crippen LogP contribution is -2.19. The highest BCUT2D eigenvalue weighted by Gasteiger charge is 2.11. The molecule has 72 valence electrons. The van der Waals surface area contributed by atoms with E-state index in [9.17, 15) is 9.59 Å². The lowest BCUT2D eigenvalue weighted by molar-refractivity contribution is 0.0964. The van der Waals surface area contributed by atoms with Crippen LogP contribution in [0.2, 0.25) is 0 Å². The molecule has 1 heterocycles. The maximum atomic E-state index is 11.4. The zero-order valence-electron chi connectivity index (χ0n) is 7.55. The fourth-order valence-corrected chi connectivity index (χ4v) is 1.41. The molecule has 1 aromatic heterocycles. The Hall–Kier alpha value is -2.04. The van der Waals surface area contributed by atoms with Crippen LogP contribution in [0.5, 0.6) is 0 Å². The molecular formula is C9H9N3O2. The third-order valence-electron chi connectivity index (χ3n) is 2.07. The van der Waals surface area contributed by atoms with Crippen molar-refractivity contribution >= 4 is 16.8 Å². The first-order valence-electron chi connectivity index (χ1n) is 4.15. The molecule has 0 bridgehead atoms. The highest BCUT2D eigenvalue weighted by molar-refractivity contribution is 6.05. The van der Waals surface area contributed by atoms with Crippen molar-refractivity contribution in [2.45, 2.75) is 0 Å². The Kier molecular flexibility index (Phi) is 1.85. The van der Waals surface area contributed by atoms with Gasteiger partial charge in [-0.25, -0.2) is 0 Å². The number of nitrogens with one attached hydrogen (secondary N) is 3. The molecule has 1 amide bonds. The number of aromatic nitrogens is 2. The highest BCUT2D eigenvalue weighted by atomic mass is 16.2. The van der Waals surface area contributed by atoms with E-state index in [-0.39, 0.29) is 11.5 Å². The van der Waals surface area contributed by atoms with Crippen molar-refractivity contribution in [2.75, 3.05) is 7.05 Å². The summed E-state index contributed by atoms with van der Waals surface area (Å²) in [6.45, 7) is 0. The first-order valence-corrected chi connectivity index (χ1v) is 4.15. The summed E-state index contributed by atoms with van der Waals surface area (Å²) in [5, 5.41) is 8.01. The first kappa shape index (κ1) is 8.55. The number of amides is 1. The standard InChI is InChI=1S/C9H9N3O2/c1-10-8(13)5-3-2-4-6-7(5)9(14)12-11-6/h2-4H,1H3,(H,10,13)(H2,11,12,14). The summed E-state index contributed by atoms with van der Waals surface area (Å²) >= 11 is 0. The summed E-state index contributed by atoms with van der Waals surface area (Å²) < 4.78 is 0. The van der Waals surface area contributed by atoms with Gasteiger partial charge in [0.15, 0.2) is 0 Å². The van der Waals surface area contributed by atoms with Gasteiger partial charge in [0.25, 0.3) is 11.5 Å². The van der Waals surface area contributed by atoms with Crippen LogP contribution in [0.15, 0.2) is 23.0 Å². The van der Waals surface area contributed by atoms with Crippen molar-refractivity contribution < 1.29 is 4.79 Å². The predicted octanol–water partition coefficient (Wildman–Crippen LogP) is 0.216. The van der Waals surface area contributed by atoms with Crippen LogP contribution in [0.4, 0.5) is 0 Å². The van der Waals surface area contributed by atoms with E-state index in [2.05, 4.69) is 15.5 Å². The molecule has 0 saturated carbocycles. The normalized spacial score (nSPS) is 10.4. The van der Waals surface area contributed by atoms with Gasteiger partial charge in [-0.05, 0) is 12.1 Å². The Morgan fingerprint density at radius 2 is 2.14 bits per heavy atom. The van der Waals surface area contributed by atoms with Gasteiger partial charge in [-0.15, -0.1) is 0 Å². The molecule has 0 spiro atoms. The van der Waals surface area contributed by atoms with Crippen molar-refractivity contribution in [3.63, 3.8) is 0 Å². The van der Waals surface area contributed by atoms with Crippen LogP contribution < -0.4 is 10.9 Å². The van der Waals surface area contributed by atoms with E-state index < -0.39 is 0 Å². The number of carbonyl (C=O) groups excluding carboxylic acids is 1. The number of rotatable bonds is 1. The topological polar surface area (TPSA) is 77.8 Å². The van der Waals surface area contributed by atoms with Gasteiger partial charge in [-0.1, -0.05) is 6.07 Å². The zero-order valence-corrected chi connectivity index (χ0v) is 7.55. The average Bonchev–Trinajstić information content (AvgIpc) is 2.59. The molecule has 0 aliphatic heterocycles. The molecule has 5 nitrogen and oxygen atoms in total. The molecule has 0 aliphatic carbocycles. The molecule has 14 heavy (non-hydrogen) atoms. The van der Waals surface area contributed by atoms with Gasteiger partial charge in [0.1, 0.15) is 0 Å². The van der Waals surface area contributed by atoms with Crippen LogP contribution in [-0.4, -0.2) is 23.2 Å². The number of aromatic amines is 2. The maximum Gasteiger partial charge on any atom is 0.272 e. The highest BCUT2D eigenvalue weighted by Crippen LogP contribution is 2.11. The van der Waals surface area contributed by atoms with E-state index in [1.807, 2.05) is 0 Å². The SMILES string of the molecule is CNC(=O)c1cccc2[nH][nH]c(=O)c12. The van der Waals surface area contributed by atoms with Gasteiger partial charge in [0.05, 0.1) is 16.5 Å². The van der Waals surface area contributed by atoms with Crippen LogP contribution in [0, 0.1) is 0 Å². The number of carbonyl (C=O) groups is 1. The quantitative estimate of drug-likeness (QED) is 0.602. The Bertz CT molecular complexity index is 538. The largest absolute Gasteiger partial charge is 0.355 e. The van der Waals surface area contributed by atoms with E-state index in [0.717, 1.165) is 0 Å². The Morgan fingerprint density at radius 3 is 2.86 bits per heavy atom. The second-order valence-electron chi connectivity index (χ2n) is 2.89. The Labute approximate surface area is 79.1 Å². The van der Waals surface area contributed by atoms with Crippen molar-refractivity contribution in [3.8, 4) is 0 Å². The van der Waals surface area contributed by atoms with Crippen molar-refractivity contribution in [1.29, 1.82) is 0 Å². The lowest BCUT2D eigenvalue weighted by atomic mass is 10.1. The second kappa shape index (κ2) is 3.02. The molecule has 2 rings (SSSR count). The van der Waals surface area contributed by atoms with E-state index in [4.69, 9.17) is 0 Å². The van der Waals surface area contributed by atoms with E-state index in [0.29, 0.717) is 16.5 Å². The van der Waals surface area contributed by atoms with Crippen molar-refractivity contribution in [1.82, 2.24) is 15.5 Å². The fourth-order valence-electron chi connectivity index (χ4n) is 1.41. The molecular weight excluding hydrogens is 182 g/mol. The summed E-state index contributed by atoms with van der Waals surface area (Å²) in [6, 6.07) is 5.07. The summed E-state index contributed by atoms with van der Waals surface area (Å²) in [5.41, 5.74) is 0.739. The maximum absolute atomic E-state index is 11.4. The van der Waals surface area contributed by atoms with Crippen LogP contribution in [0.3, 0.4) is 0 Å². The molecule has 3 N–H and O–H groups in total. The number of benzene rings is 1. The molecule has 2 aromatic rings. The smallest absolute Gasteiger partial charge is 0.272 e. The minimum Gasteiger partial charge on any atom is -0.355 e. The zero-order chi connectivity index (χ0) is 10.1. The van der Waals surface area contributed by atoms with E-state index >= 15 is 0 Å². The van der Waals surface area contributed by atoms with Crippen LogP contribution in [0.1, 0.15) is 10.4 Å². The molecule has 0 aliphatic rings. The molecule has 5 heteroatoms. The Morgan fingerprint density at radius 1 is 1.36 bits per heavy atom. The summed E-state index contributed by atoms with van der Waals surface area (Å²) in [6.07, 6.45) is 0. The molecule has 1 aromatic carbocycles. The second-order valence-corrected chi connectivity index (χ2v) is 2.89. The van der Waals surface area contributed by atoms with Gasteiger partial charge >= 0.3 is 0 Å². The number of H-pyrrole nitrogens is 2. The fraction of sp³-hybridized carbons (Fsp3) is 0.111. The minimum atomic E-state index is -0.279. The molecule has 0 unspecified atom stereocenters.